The van der Waals surface area contributed by atoms with Crippen molar-refractivity contribution in [2.75, 3.05) is 6.67 Å². The molecule has 0 saturated heterocycles. The van der Waals surface area contributed by atoms with Crippen LogP contribution in [0, 0.1) is 6.92 Å². The zero-order valence-electron chi connectivity index (χ0n) is 12.9. The molecule has 0 aliphatic rings. The number of halogens is 1. The Labute approximate surface area is 121 Å². The fourth-order valence-electron chi connectivity index (χ4n) is 1.30. The molecule has 1 aromatic carbocycles. The third-order valence-electron chi connectivity index (χ3n) is 2.11. The normalized spacial score (nSPS) is 7.85. The summed E-state index contributed by atoms with van der Waals surface area (Å²) in [5, 5.41) is 0. The first-order chi connectivity index (χ1) is 9.56. The number of hydrogen-bond acceptors (Lipinski definition) is 3. The number of Topliss-reactive ketones (excluding diaryl/α,β-unsaturated/α-hetero) is 1. The molecule has 0 amide bonds. The molecule has 3 nitrogen and oxygen atoms in total. The molecular formula is C16H25FO3. The number of benzene rings is 1. The zero-order chi connectivity index (χ0) is 16.6. The Hall–Kier alpha value is -1.84. The minimum absolute atomic E-state index is 0.0508. The van der Waals surface area contributed by atoms with Crippen LogP contribution in [0.25, 0.3) is 0 Å². The maximum atomic E-state index is 12.1. The maximum Gasteiger partial charge on any atom is 0.159 e. The molecule has 0 N–H and O–H groups in total. The van der Waals surface area contributed by atoms with Gasteiger partial charge in [0.05, 0.1) is 6.67 Å². The van der Waals surface area contributed by atoms with E-state index in [2.05, 4.69) is 13.8 Å². The highest BCUT2D eigenvalue weighted by Crippen LogP contribution is 2.12. The minimum Gasteiger partial charge on any atom is -0.307 e. The Morgan fingerprint density at radius 1 is 1.15 bits per heavy atom. The van der Waals surface area contributed by atoms with Gasteiger partial charge in [-0.25, -0.2) is 0 Å². The van der Waals surface area contributed by atoms with E-state index in [1.165, 1.54) is 13.3 Å². The van der Waals surface area contributed by atoms with Gasteiger partial charge in [-0.2, -0.15) is 0 Å². The number of rotatable bonds is 3. The van der Waals surface area contributed by atoms with Crippen LogP contribution in [0.1, 0.15) is 48.7 Å². The first kappa shape index (κ1) is 23.3. The van der Waals surface area contributed by atoms with Gasteiger partial charge in [0.25, 0.3) is 0 Å². The smallest absolute Gasteiger partial charge is 0.159 e. The van der Waals surface area contributed by atoms with Crippen LogP contribution in [0.2, 0.25) is 0 Å². The summed E-state index contributed by atoms with van der Waals surface area (Å²) in [6.07, 6.45) is 1.68. The van der Waals surface area contributed by atoms with Gasteiger partial charge in [0.2, 0.25) is 0 Å². The van der Waals surface area contributed by atoms with E-state index in [1.54, 1.807) is 6.07 Å². The molecule has 0 unspecified atom stereocenters. The van der Waals surface area contributed by atoms with E-state index in [4.69, 9.17) is 9.59 Å². The van der Waals surface area contributed by atoms with E-state index in [9.17, 15) is 9.18 Å². The van der Waals surface area contributed by atoms with Crippen molar-refractivity contribution in [1.82, 2.24) is 0 Å². The summed E-state index contributed by atoms with van der Waals surface area (Å²) in [7, 11) is 0. The van der Waals surface area contributed by atoms with Crippen LogP contribution in [-0.4, -0.2) is 26.0 Å². The van der Waals surface area contributed by atoms with E-state index >= 15 is 0 Å². The molecule has 1 aromatic rings. The van der Waals surface area contributed by atoms with Crippen molar-refractivity contribution in [3.63, 3.8) is 0 Å². The lowest BCUT2D eigenvalue weighted by Crippen LogP contribution is -1.96. The molecule has 0 aromatic heterocycles. The molecule has 0 bridgehead atoms. The summed E-state index contributed by atoms with van der Waals surface area (Å²) in [5.41, 5.74) is 2.66. The molecular weight excluding hydrogens is 259 g/mol. The standard InChI is InChI=1S/C11H13FO.C3H8.2CH2O/c1-8-7-11(9(2)13)4-3-10(8)5-6-12;1-3-2;2*1-2/h3-4,7H,5-6H2,1-2H3;3H2,1-2H3;2*1H2. The van der Waals surface area contributed by atoms with Gasteiger partial charge < -0.3 is 9.59 Å². The maximum absolute atomic E-state index is 12.1. The molecule has 0 spiro atoms. The van der Waals surface area contributed by atoms with Crippen LogP contribution in [0.4, 0.5) is 4.39 Å². The van der Waals surface area contributed by atoms with Crippen molar-refractivity contribution in [1.29, 1.82) is 0 Å². The zero-order valence-corrected chi connectivity index (χ0v) is 12.9. The predicted octanol–water partition coefficient (Wildman–Crippen LogP) is 3.76. The Morgan fingerprint density at radius 2 is 1.60 bits per heavy atom. The molecule has 0 aliphatic carbocycles. The number of aryl methyl sites for hydroxylation is 2. The van der Waals surface area contributed by atoms with Gasteiger partial charge in [0.1, 0.15) is 13.6 Å². The molecule has 0 radical (unpaired) electrons. The van der Waals surface area contributed by atoms with Gasteiger partial charge in [-0.1, -0.05) is 32.4 Å². The van der Waals surface area contributed by atoms with E-state index in [0.29, 0.717) is 12.0 Å². The molecule has 0 fully saturated rings. The van der Waals surface area contributed by atoms with E-state index in [0.717, 1.165) is 11.1 Å². The second-order valence-electron chi connectivity index (χ2n) is 3.84. The molecule has 114 valence electrons. The van der Waals surface area contributed by atoms with Crippen LogP contribution in [-0.2, 0) is 16.0 Å². The van der Waals surface area contributed by atoms with Crippen molar-refractivity contribution in [2.24, 2.45) is 0 Å². The van der Waals surface area contributed by atoms with Gasteiger partial charge in [-0.3, -0.25) is 9.18 Å². The van der Waals surface area contributed by atoms with Crippen molar-refractivity contribution in [2.45, 2.75) is 40.5 Å². The van der Waals surface area contributed by atoms with Crippen LogP contribution in [0.3, 0.4) is 0 Å². The van der Waals surface area contributed by atoms with Gasteiger partial charge in [-0.15, -0.1) is 0 Å². The molecule has 0 heterocycles. The lowest BCUT2D eigenvalue weighted by Gasteiger charge is -2.04. The average molecular weight is 284 g/mol. The Balaban J connectivity index is -0.000000355. The second kappa shape index (κ2) is 17.2. The van der Waals surface area contributed by atoms with E-state index in [1.807, 2.05) is 32.6 Å². The number of carbonyl (C=O) groups is 3. The molecule has 4 heteroatoms. The van der Waals surface area contributed by atoms with Crippen LogP contribution in [0.5, 0.6) is 0 Å². The number of alkyl halides is 1. The Bertz CT molecular complexity index is 363. The second-order valence-corrected chi connectivity index (χ2v) is 3.84. The average Bonchev–Trinajstić information content (AvgIpc) is 2.46. The van der Waals surface area contributed by atoms with Gasteiger partial charge in [0.15, 0.2) is 5.78 Å². The molecule has 1 rings (SSSR count). The first-order valence-electron chi connectivity index (χ1n) is 6.30. The van der Waals surface area contributed by atoms with Crippen molar-refractivity contribution >= 4 is 19.4 Å². The third kappa shape index (κ3) is 11.3. The SMILES string of the molecule is C=O.C=O.CC(=O)c1ccc(CCF)c(C)c1.CCC. The highest BCUT2D eigenvalue weighted by molar-refractivity contribution is 5.94. The van der Waals surface area contributed by atoms with Gasteiger partial charge >= 0.3 is 0 Å². The topological polar surface area (TPSA) is 51.2 Å². The monoisotopic (exact) mass is 284 g/mol. The largest absolute Gasteiger partial charge is 0.307 e. The first-order valence-corrected chi connectivity index (χ1v) is 6.30. The highest BCUT2D eigenvalue weighted by Gasteiger charge is 2.02. The van der Waals surface area contributed by atoms with Crippen molar-refractivity contribution in [3.05, 3.63) is 34.9 Å². The Kier molecular flexibility index (Phi) is 20.0. The van der Waals surface area contributed by atoms with E-state index < -0.39 is 0 Å². The minimum atomic E-state index is -0.347. The number of ketones is 1. The molecule has 0 aliphatic heterocycles. The fourth-order valence-corrected chi connectivity index (χ4v) is 1.30. The van der Waals surface area contributed by atoms with Crippen LogP contribution < -0.4 is 0 Å². The van der Waals surface area contributed by atoms with Gasteiger partial charge in [-0.05, 0) is 31.0 Å². The van der Waals surface area contributed by atoms with E-state index in [-0.39, 0.29) is 12.5 Å². The quantitative estimate of drug-likeness (QED) is 0.794. The molecule has 0 saturated carbocycles. The summed E-state index contributed by atoms with van der Waals surface area (Å²) in [6, 6.07) is 5.39. The van der Waals surface area contributed by atoms with Crippen molar-refractivity contribution < 1.29 is 18.8 Å². The number of carbonyl (C=O) groups excluding carboxylic acids is 3. The highest BCUT2D eigenvalue weighted by atomic mass is 19.1. The Morgan fingerprint density at radius 3 is 1.90 bits per heavy atom. The third-order valence-corrected chi connectivity index (χ3v) is 2.11. The number of hydrogen-bond donors (Lipinski definition) is 0. The summed E-state index contributed by atoms with van der Waals surface area (Å²) in [5.74, 6) is 0.0508. The summed E-state index contributed by atoms with van der Waals surface area (Å²) in [6.45, 7) is 11.3. The summed E-state index contributed by atoms with van der Waals surface area (Å²) >= 11 is 0. The summed E-state index contributed by atoms with van der Waals surface area (Å²) < 4.78 is 12.1. The lowest BCUT2D eigenvalue weighted by molar-refractivity contribution is -0.0987. The lowest BCUT2D eigenvalue weighted by atomic mass is 10.0. The van der Waals surface area contributed by atoms with Gasteiger partial charge in [0, 0.05) is 12.0 Å². The fraction of sp³-hybridized carbons (Fsp3) is 0.438. The van der Waals surface area contributed by atoms with Crippen LogP contribution >= 0.6 is 0 Å². The molecule has 20 heavy (non-hydrogen) atoms. The molecule has 0 atom stereocenters. The predicted molar refractivity (Wildman–Crippen MR) is 81.1 cm³/mol. The summed E-state index contributed by atoms with van der Waals surface area (Å²) in [4.78, 5) is 27.0. The van der Waals surface area contributed by atoms with Crippen LogP contribution in [0.15, 0.2) is 18.2 Å². The van der Waals surface area contributed by atoms with Crippen molar-refractivity contribution in [3.8, 4) is 0 Å².